The Kier molecular flexibility index (Phi) is 11.7. The van der Waals surface area contributed by atoms with Crippen LogP contribution >= 0.6 is 0 Å². The van der Waals surface area contributed by atoms with Crippen molar-refractivity contribution < 1.29 is 26.7 Å². The molecule has 0 heterocycles. The lowest BCUT2D eigenvalue weighted by Gasteiger charge is -2.33. The molecule has 0 saturated carbocycles. The predicted octanol–water partition coefficient (Wildman–Crippen LogP) is 7.76. The fraction of sp³-hybridized carbons (Fsp3) is 0.739. The number of benzene rings is 1. The van der Waals surface area contributed by atoms with Crippen LogP contribution in [-0.2, 0) is 4.74 Å². The van der Waals surface area contributed by atoms with Gasteiger partial charge < -0.3 is 10.1 Å². The first-order valence-corrected chi connectivity index (χ1v) is 11.0. The zero-order chi connectivity index (χ0) is 22.7. The van der Waals surface area contributed by atoms with Crippen LogP contribution in [0.15, 0.2) is 0 Å². The van der Waals surface area contributed by atoms with E-state index in [9.17, 15) is 22.0 Å². The molecule has 174 valence electrons. The number of rotatable bonds is 15. The van der Waals surface area contributed by atoms with Crippen molar-refractivity contribution in [3.63, 3.8) is 0 Å². The highest BCUT2D eigenvalue weighted by Gasteiger charge is 2.28. The van der Waals surface area contributed by atoms with E-state index in [4.69, 9.17) is 4.74 Å². The van der Waals surface area contributed by atoms with Crippen molar-refractivity contribution >= 4 is 5.69 Å². The van der Waals surface area contributed by atoms with Crippen LogP contribution in [-0.4, -0.2) is 19.3 Å². The van der Waals surface area contributed by atoms with Gasteiger partial charge in [-0.1, -0.05) is 51.9 Å². The fourth-order valence-corrected chi connectivity index (χ4v) is 3.67. The molecule has 0 saturated heterocycles. The van der Waals surface area contributed by atoms with Gasteiger partial charge in [-0.25, -0.2) is 22.0 Å². The summed E-state index contributed by atoms with van der Waals surface area (Å²) in [6.45, 7) is 6.43. The molecule has 0 aromatic heterocycles. The first kappa shape index (κ1) is 26.7. The Morgan fingerprint density at radius 3 is 1.73 bits per heavy atom. The zero-order valence-electron chi connectivity index (χ0n) is 18.7. The molecule has 1 aromatic rings. The minimum Gasteiger partial charge on any atom is -0.380 e. The van der Waals surface area contributed by atoms with Crippen LogP contribution in [0.5, 0.6) is 0 Å². The van der Waals surface area contributed by atoms with E-state index >= 15 is 0 Å². The third kappa shape index (κ3) is 7.71. The number of unbranched alkanes of at least 4 members (excludes halogenated alkanes) is 6. The average molecular weight is 438 g/mol. The second-order valence-corrected chi connectivity index (χ2v) is 8.43. The largest absolute Gasteiger partial charge is 0.380 e. The van der Waals surface area contributed by atoms with Gasteiger partial charge in [0.25, 0.3) is 0 Å². The first-order chi connectivity index (χ1) is 14.2. The maximum absolute atomic E-state index is 13.7. The molecule has 0 bridgehead atoms. The van der Waals surface area contributed by atoms with Crippen LogP contribution in [0, 0.1) is 35.0 Å². The SMILES string of the molecule is CCCCCCCCC(CCCCNc1c(F)c(F)c(F)c(F)c1F)C(C)(C)OC. The molecule has 1 rings (SSSR count). The quantitative estimate of drug-likeness (QED) is 0.131. The topological polar surface area (TPSA) is 21.3 Å². The van der Waals surface area contributed by atoms with Crippen LogP contribution < -0.4 is 5.32 Å². The van der Waals surface area contributed by atoms with Gasteiger partial charge in [0.05, 0.1) is 5.60 Å². The van der Waals surface area contributed by atoms with Crippen LogP contribution in [0.1, 0.15) is 85.0 Å². The normalized spacial score (nSPS) is 13.0. The summed E-state index contributed by atoms with van der Waals surface area (Å²) in [4.78, 5) is 0. The minimum absolute atomic E-state index is 0.121. The van der Waals surface area contributed by atoms with Crippen LogP contribution in [0.2, 0.25) is 0 Å². The lowest BCUT2D eigenvalue weighted by Crippen LogP contribution is -2.33. The molecule has 2 nitrogen and oxygen atoms in total. The number of halogens is 5. The number of hydrogen-bond acceptors (Lipinski definition) is 2. The van der Waals surface area contributed by atoms with Crippen molar-refractivity contribution in [3.8, 4) is 0 Å². The maximum atomic E-state index is 13.7. The average Bonchev–Trinajstić information content (AvgIpc) is 2.73. The Morgan fingerprint density at radius 1 is 0.733 bits per heavy atom. The monoisotopic (exact) mass is 437 g/mol. The molecule has 1 unspecified atom stereocenters. The number of nitrogens with one attached hydrogen (secondary N) is 1. The standard InChI is InChI=1S/C23H36F5NO/c1-5-6-7-8-9-10-13-16(23(2,3)30-4)14-11-12-15-29-22-20(27)18(25)17(24)19(26)21(22)28/h16,29H,5-15H2,1-4H3. The van der Waals surface area contributed by atoms with E-state index in [-0.39, 0.29) is 12.1 Å². The van der Waals surface area contributed by atoms with E-state index in [1.807, 2.05) is 0 Å². The number of anilines is 1. The van der Waals surface area contributed by atoms with Gasteiger partial charge in [-0.05, 0) is 39.0 Å². The van der Waals surface area contributed by atoms with Gasteiger partial charge in [0.1, 0.15) is 5.69 Å². The second-order valence-electron chi connectivity index (χ2n) is 8.43. The Balaban J connectivity index is 2.50. The molecule has 1 atom stereocenters. The molecule has 0 fully saturated rings. The Hall–Kier alpha value is -1.37. The maximum Gasteiger partial charge on any atom is 0.200 e. The fourth-order valence-electron chi connectivity index (χ4n) is 3.67. The second kappa shape index (κ2) is 13.1. The van der Waals surface area contributed by atoms with Gasteiger partial charge in [0.15, 0.2) is 23.3 Å². The molecule has 0 aliphatic rings. The summed E-state index contributed by atoms with van der Waals surface area (Å²) in [5.74, 6) is -9.33. The molecule has 1 aromatic carbocycles. The lowest BCUT2D eigenvalue weighted by molar-refractivity contribution is -0.0351. The Labute approximate surface area is 177 Å². The van der Waals surface area contributed by atoms with Crippen molar-refractivity contribution in [2.75, 3.05) is 19.0 Å². The summed E-state index contributed by atoms with van der Waals surface area (Å²) < 4.78 is 72.6. The summed E-state index contributed by atoms with van der Waals surface area (Å²) in [6.07, 6.45) is 10.5. The van der Waals surface area contributed by atoms with E-state index in [0.29, 0.717) is 12.3 Å². The molecule has 30 heavy (non-hydrogen) atoms. The zero-order valence-corrected chi connectivity index (χ0v) is 18.7. The third-order valence-corrected chi connectivity index (χ3v) is 5.91. The summed E-state index contributed by atoms with van der Waals surface area (Å²) in [5, 5.41) is 2.36. The highest BCUT2D eigenvalue weighted by Crippen LogP contribution is 2.31. The van der Waals surface area contributed by atoms with Gasteiger partial charge in [0, 0.05) is 13.7 Å². The molecule has 0 amide bonds. The molecule has 0 radical (unpaired) electrons. The van der Waals surface area contributed by atoms with E-state index < -0.39 is 34.8 Å². The number of ether oxygens (including phenoxy) is 1. The first-order valence-electron chi connectivity index (χ1n) is 11.0. The van der Waals surface area contributed by atoms with Gasteiger partial charge in [-0.2, -0.15) is 0 Å². The molecular weight excluding hydrogens is 401 g/mol. The van der Waals surface area contributed by atoms with E-state index in [1.54, 1.807) is 7.11 Å². The van der Waals surface area contributed by atoms with E-state index in [1.165, 1.54) is 32.1 Å². The van der Waals surface area contributed by atoms with Crippen molar-refractivity contribution in [2.45, 2.75) is 90.6 Å². The lowest BCUT2D eigenvalue weighted by atomic mass is 9.82. The highest BCUT2D eigenvalue weighted by molar-refractivity contribution is 5.47. The molecular formula is C23H36F5NO. The smallest absolute Gasteiger partial charge is 0.200 e. The summed E-state index contributed by atoms with van der Waals surface area (Å²) >= 11 is 0. The van der Waals surface area contributed by atoms with Gasteiger partial charge in [-0.3, -0.25) is 0 Å². The Bertz CT molecular complexity index is 622. The van der Waals surface area contributed by atoms with Crippen molar-refractivity contribution in [3.05, 3.63) is 29.1 Å². The summed E-state index contributed by atoms with van der Waals surface area (Å²) in [5.41, 5.74) is -1.24. The molecule has 1 N–H and O–H groups in total. The van der Waals surface area contributed by atoms with Crippen molar-refractivity contribution in [1.29, 1.82) is 0 Å². The molecule has 0 spiro atoms. The molecule has 7 heteroatoms. The molecule has 0 aliphatic carbocycles. The van der Waals surface area contributed by atoms with Crippen LogP contribution in [0.4, 0.5) is 27.6 Å². The van der Waals surface area contributed by atoms with Crippen LogP contribution in [0.3, 0.4) is 0 Å². The predicted molar refractivity (Wildman–Crippen MR) is 111 cm³/mol. The van der Waals surface area contributed by atoms with Crippen molar-refractivity contribution in [1.82, 2.24) is 0 Å². The Morgan fingerprint density at radius 2 is 1.20 bits per heavy atom. The highest BCUT2D eigenvalue weighted by atomic mass is 19.2. The minimum atomic E-state index is -2.14. The van der Waals surface area contributed by atoms with E-state index in [0.717, 1.165) is 25.7 Å². The summed E-state index contributed by atoms with van der Waals surface area (Å²) in [7, 11) is 1.69. The van der Waals surface area contributed by atoms with E-state index in [2.05, 4.69) is 26.1 Å². The van der Waals surface area contributed by atoms with Gasteiger partial charge in [0.2, 0.25) is 5.82 Å². The third-order valence-electron chi connectivity index (χ3n) is 5.91. The van der Waals surface area contributed by atoms with Crippen LogP contribution in [0.25, 0.3) is 0 Å². The van der Waals surface area contributed by atoms with Gasteiger partial charge in [-0.15, -0.1) is 0 Å². The molecule has 0 aliphatic heterocycles. The summed E-state index contributed by atoms with van der Waals surface area (Å²) in [6, 6.07) is 0. The van der Waals surface area contributed by atoms with Crippen molar-refractivity contribution in [2.24, 2.45) is 5.92 Å². The number of hydrogen-bond donors (Lipinski definition) is 1. The van der Waals surface area contributed by atoms with Gasteiger partial charge >= 0.3 is 0 Å². The number of methoxy groups -OCH3 is 1.